The fourth-order valence-corrected chi connectivity index (χ4v) is 6.53. The molecule has 2 saturated heterocycles. The van der Waals surface area contributed by atoms with Crippen molar-refractivity contribution in [2.24, 2.45) is 0 Å². The molecule has 0 saturated carbocycles. The highest BCUT2D eigenvalue weighted by Gasteiger charge is 2.50. The number of fused-ring (bicyclic) bond motifs is 3. The Morgan fingerprint density at radius 2 is 1.95 bits per heavy atom. The van der Waals surface area contributed by atoms with Crippen LogP contribution in [0.2, 0.25) is 0 Å². The van der Waals surface area contributed by atoms with Gasteiger partial charge in [-0.15, -0.1) is 0 Å². The standard InChI is InChI=1S/C27H30N8O3/c1-14-8-16(11-31-22(14)25-29-6-7-30-25)19-12-32-35-24(28)21(15(2)37)23(33-26(19)35)27(3)9-17-4-5-18(10-27)34(17)20(38)13-36/h6-8,11-12,17-18,36H,4-5,9-10,13,28H2,1-3H3,(H,29,30)/t17-,18+,27?. The van der Waals surface area contributed by atoms with Crippen molar-refractivity contribution in [3.63, 3.8) is 0 Å². The van der Waals surface area contributed by atoms with Crippen LogP contribution in [0.5, 0.6) is 0 Å². The number of hydrogen-bond acceptors (Lipinski definition) is 8. The first-order valence-electron chi connectivity index (χ1n) is 12.8. The van der Waals surface area contributed by atoms with E-state index in [0.29, 0.717) is 35.6 Å². The molecule has 3 atom stereocenters. The molecule has 0 radical (unpaired) electrons. The third-order valence-corrected chi connectivity index (χ3v) is 8.13. The van der Waals surface area contributed by atoms with Crippen LogP contribution in [0, 0.1) is 6.92 Å². The maximum absolute atomic E-state index is 12.9. The predicted octanol–water partition coefficient (Wildman–Crippen LogP) is 2.68. The lowest BCUT2D eigenvalue weighted by molar-refractivity contribution is -0.139. The minimum atomic E-state index is -0.495. The van der Waals surface area contributed by atoms with E-state index < -0.39 is 12.0 Å². The number of piperidine rings is 1. The number of aliphatic hydroxyl groups is 1. The zero-order chi connectivity index (χ0) is 26.8. The average Bonchev–Trinajstić information content (AvgIpc) is 3.62. The van der Waals surface area contributed by atoms with Crippen LogP contribution in [-0.4, -0.2) is 69.9 Å². The number of nitrogen functional groups attached to an aromatic ring is 1. The Bertz CT molecular complexity index is 1560. The highest BCUT2D eigenvalue weighted by molar-refractivity contribution is 6.00. The van der Waals surface area contributed by atoms with Gasteiger partial charge in [0, 0.05) is 47.2 Å². The summed E-state index contributed by atoms with van der Waals surface area (Å²) in [5.74, 6) is 0.529. The molecule has 2 fully saturated rings. The van der Waals surface area contributed by atoms with Gasteiger partial charge in [-0.2, -0.15) is 9.61 Å². The van der Waals surface area contributed by atoms with Gasteiger partial charge in [-0.25, -0.2) is 9.97 Å². The van der Waals surface area contributed by atoms with Crippen LogP contribution in [0.25, 0.3) is 28.3 Å². The molecule has 0 aliphatic carbocycles. The summed E-state index contributed by atoms with van der Waals surface area (Å²) < 4.78 is 1.52. The van der Waals surface area contributed by atoms with E-state index in [1.165, 1.54) is 11.4 Å². The minimum absolute atomic E-state index is 0.0113. The molecule has 6 rings (SSSR count). The van der Waals surface area contributed by atoms with Gasteiger partial charge in [-0.1, -0.05) is 6.92 Å². The number of anilines is 1. The minimum Gasteiger partial charge on any atom is -0.387 e. The first-order chi connectivity index (χ1) is 18.2. The Labute approximate surface area is 219 Å². The van der Waals surface area contributed by atoms with Crippen molar-refractivity contribution >= 4 is 23.2 Å². The van der Waals surface area contributed by atoms with Gasteiger partial charge in [-0.05, 0) is 51.2 Å². The second-order valence-electron chi connectivity index (χ2n) is 10.7. The monoisotopic (exact) mass is 514 g/mol. The van der Waals surface area contributed by atoms with Gasteiger partial charge in [-0.3, -0.25) is 14.6 Å². The lowest BCUT2D eigenvalue weighted by atomic mass is 9.72. The Balaban J connectivity index is 1.47. The normalized spacial score (nSPS) is 22.8. The maximum atomic E-state index is 12.9. The van der Waals surface area contributed by atoms with Gasteiger partial charge in [0.05, 0.1) is 17.5 Å². The average molecular weight is 515 g/mol. The fraction of sp³-hybridized carbons (Fsp3) is 0.407. The van der Waals surface area contributed by atoms with Crippen molar-refractivity contribution < 1.29 is 14.7 Å². The molecule has 2 bridgehead atoms. The zero-order valence-electron chi connectivity index (χ0n) is 21.6. The smallest absolute Gasteiger partial charge is 0.248 e. The van der Waals surface area contributed by atoms with Gasteiger partial charge >= 0.3 is 0 Å². The number of aryl methyl sites for hydroxylation is 1. The van der Waals surface area contributed by atoms with Gasteiger partial charge < -0.3 is 20.7 Å². The number of carbonyl (C=O) groups excluding carboxylic acids is 2. The van der Waals surface area contributed by atoms with Crippen molar-refractivity contribution in [1.29, 1.82) is 0 Å². The number of H-pyrrole nitrogens is 1. The first-order valence-corrected chi connectivity index (χ1v) is 12.8. The van der Waals surface area contributed by atoms with Gasteiger partial charge in [0.15, 0.2) is 17.3 Å². The van der Waals surface area contributed by atoms with Gasteiger partial charge in [0.1, 0.15) is 18.1 Å². The maximum Gasteiger partial charge on any atom is 0.248 e. The second-order valence-corrected chi connectivity index (χ2v) is 10.7. The molecule has 6 heterocycles. The van der Waals surface area contributed by atoms with E-state index in [0.717, 1.165) is 35.2 Å². The molecular formula is C27H30N8O3. The number of aliphatic hydroxyl groups excluding tert-OH is 1. The molecule has 4 aromatic heterocycles. The third-order valence-electron chi connectivity index (χ3n) is 8.13. The number of rotatable bonds is 5. The van der Waals surface area contributed by atoms with Crippen molar-refractivity contribution in [2.45, 2.75) is 64.0 Å². The predicted molar refractivity (Wildman–Crippen MR) is 140 cm³/mol. The number of imidazole rings is 1. The molecule has 38 heavy (non-hydrogen) atoms. The van der Waals surface area contributed by atoms with Crippen molar-refractivity contribution in [3.8, 4) is 22.6 Å². The molecule has 2 aliphatic heterocycles. The number of aromatic amines is 1. The Morgan fingerprint density at radius 1 is 1.21 bits per heavy atom. The molecule has 1 amide bonds. The molecule has 4 aromatic rings. The Hall–Kier alpha value is -4.12. The van der Waals surface area contributed by atoms with Crippen molar-refractivity contribution in [3.05, 3.63) is 47.7 Å². The topological polar surface area (TPSA) is 155 Å². The van der Waals surface area contributed by atoms with E-state index in [4.69, 9.17) is 10.7 Å². The van der Waals surface area contributed by atoms with Crippen LogP contribution < -0.4 is 5.73 Å². The molecule has 0 aromatic carbocycles. The quantitative estimate of drug-likeness (QED) is 0.343. The van der Waals surface area contributed by atoms with E-state index in [1.807, 2.05) is 17.9 Å². The number of nitrogens with zero attached hydrogens (tertiary/aromatic N) is 6. The number of nitrogens with one attached hydrogen (secondary N) is 1. The van der Waals surface area contributed by atoms with Crippen LogP contribution in [0.1, 0.15) is 61.1 Å². The third kappa shape index (κ3) is 3.60. The summed E-state index contributed by atoms with van der Waals surface area (Å²) in [7, 11) is 0. The van der Waals surface area contributed by atoms with Gasteiger partial charge in [0.25, 0.3) is 0 Å². The van der Waals surface area contributed by atoms with E-state index in [2.05, 4.69) is 27.0 Å². The summed E-state index contributed by atoms with van der Waals surface area (Å²) in [5.41, 5.74) is 11.0. The SMILES string of the molecule is CC(=O)c1c(C2(C)C[C@H]3CC[C@@H](C2)N3C(=O)CO)nc2c(-c3cnc(-c4ncc[nH]4)c(C)c3)cnn2c1N. The molecule has 0 spiro atoms. The molecule has 1 unspecified atom stereocenters. The number of Topliss-reactive ketones (excluding diaryl/α,β-unsaturated/α-hetero) is 1. The van der Waals surface area contributed by atoms with Crippen molar-refractivity contribution in [2.75, 3.05) is 12.3 Å². The van der Waals surface area contributed by atoms with Crippen LogP contribution in [0.3, 0.4) is 0 Å². The van der Waals surface area contributed by atoms with Crippen LogP contribution in [-0.2, 0) is 10.2 Å². The van der Waals surface area contributed by atoms with Crippen molar-refractivity contribution in [1.82, 2.24) is 34.4 Å². The second kappa shape index (κ2) is 8.73. The number of carbonyl (C=O) groups is 2. The zero-order valence-corrected chi connectivity index (χ0v) is 21.6. The van der Waals surface area contributed by atoms with Crippen LogP contribution in [0.15, 0.2) is 30.9 Å². The van der Waals surface area contributed by atoms with Crippen LogP contribution >= 0.6 is 0 Å². The van der Waals surface area contributed by atoms with E-state index in [1.54, 1.807) is 24.8 Å². The number of hydrogen-bond donors (Lipinski definition) is 3. The van der Waals surface area contributed by atoms with E-state index >= 15 is 0 Å². The fourth-order valence-electron chi connectivity index (χ4n) is 6.53. The lowest BCUT2D eigenvalue weighted by Gasteiger charge is -2.45. The molecule has 11 heteroatoms. The number of pyridine rings is 1. The number of ketones is 1. The Kier molecular flexibility index (Phi) is 5.56. The summed E-state index contributed by atoms with van der Waals surface area (Å²) in [5, 5.41) is 14.0. The van der Waals surface area contributed by atoms with Crippen LogP contribution in [0.4, 0.5) is 5.82 Å². The van der Waals surface area contributed by atoms with Gasteiger partial charge in [0.2, 0.25) is 5.91 Å². The first kappa shape index (κ1) is 24.2. The number of nitrogens with two attached hydrogens (primary N) is 1. The largest absolute Gasteiger partial charge is 0.387 e. The highest BCUT2D eigenvalue weighted by atomic mass is 16.3. The highest BCUT2D eigenvalue weighted by Crippen LogP contribution is 2.48. The number of amides is 1. The molecule has 4 N–H and O–H groups in total. The Morgan fingerprint density at radius 3 is 2.55 bits per heavy atom. The summed E-state index contributed by atoms with van der Waals surface area (Å²) >= 11 is 0. The summed E-state index contributed by atoms with van der Waals surface area (Å²) in [4.78, 5) is 44.3. The lowest BCUT2D eigenvalue weighted by Crippen LogP contribution is -2.52. The van der Waals surface area contributed by atoms with E-state index in [-0.39, 0.29) is 29.6 Å². The molecule has 196 valence electrons. The summed E-state index contributed by atoms with van der Waals surface area (Å²) in [6.45, 7) is 5.07. The van der Waals surface area contributed by atoms with E-state index in [9.17, 15) is 14.7 Å². The molecule has 2 aliphatic rings. The number of aromatic nitrogens is 6. The molecule has 11 nitrogen and oxygen atoms in total. The summed E-state index contributed by atoms with van der Waals surface area (Å²) in [6, 6.07) is 1.99. The molecular weight excluding hydrogens is 484 g/mol. The summed E-state index contributed by atoms with van der Waals surface area (Å²) in [6.07, 6.45) is 9.92.